The van der Waals surface area contributed by atoms with Crippen LogP contribution >= 0.6 is 22.6 Å². The van der Waals surface area contributed by atoms with Crippen LogP contribution in [0.2, 0.25) is 0 Å². The van der Waals surface area contributed by atoms with Crippen LogP contribution in [0.3, 0.4) is 0 Å². The van der Waals surface area contributed by atoms with Crippen LogP contribution in [-0.2, 0) is 0 Å². The van der Waals surface area contributed by atoms with E-state index in [4.69, 9.17) is 0 Å². The smallest absolute Gasteiger partial charge is 0.258 e. The highest BCUT2D eigenvalue weighted by Gasteiger charge is 2.33. The SMILES string of the molecule is O=[N+]([O-])c1ccc(N=C(I)C(F)(F)F)cc1. The van der Waals surface area contributed by atoms with Crippen LogP contribution in [0.15, 0.2) is 29.3 Å². The molecule has 0 atom stereocenters. The van der Waals surface area contributed by atoms with Crippen molar-refractivity contribution < 1.29 is 18.1 Å². The molecule has 1 aromatic carbocycles. The van der Waals surface area contributed by atoms with Crippen molar-refractivity contribution in [2.75, 3.05) is 0 Å². The van der Waals surface area contributed by atoms with Gasteiger partial charge in [0.15, 0.2) is 3.72 Å². The van der Waals surface area contributed by atoms with Crippen LogP contribution in [0.5, 0.6) is 0 Å². The lowest BCUT2D eigenvalue weighted by atomic mass is 10.3. The molecule has 0 aliphatic rings. The van der Waals surface area contributed by atoms with Crippen molar-refractivity contribution in [3.63, 3.8) is 0 Å². The Labute approximate surface area is 101 Å². The van der Waals surface area contributed by atoms with Gasteiger partial charge in [-0.3, -0.25) is 10.1 Å². The van der Waals surface area contributed by atoms with Crippen LogP contribution in [-0.4, -0.2) is 14.8 Å². The molecule has 86 valence electrons. The summed E-state index contributed by atoms with van der Waals surface area (Å²) in [6.07, 6.45) is -4.50. The monoisotopic (exact) mass is 344 g/mol. The molecule has 0 aromatic heterocycles. The fraction of sp³-hybridized carbons (Fsp3) is 0.125. The van der Waals surface area contributed by atoms with E-state index in [-0.39, 0.29) is 11.4 Å². The predicted octanol–water partition coefficient (Wildman–Crippen LogP) is 3.62. The van der Waals surface area contributed by atoms with Gasteiger partial charge in [0.05, 0.1) is 10.6 Å². The molecular weight excluding hydrogens is 340 g/mol. The number of non-ortho nitro benzene ring substituents is 1. The summed E-state index contributed by atoms with van der Waals surface area (Å²) in [6, 6.07) is 4.50. The number of hydrogen-bond donors (Lipinski definition) is 0. The number of benzene rings is 1. The third-order valence-corrected chi connectivity index (χ3v) is 2.37. The average molecular weight is 344 g/mol. The molecule has 0 N–H and O–H groups in total. The summed E-state index contributed by atoms with van der Waals surface area (Å²) >= 11 is 1.06. The number of hydrogen-bond acceptors (Lipinski definition) is 3. The lowest BCUT2D eigenvalue weighted by Crippen LogP contribution is -2.15. The highest BCUT2D eigenvalue weighted by molar-refractivity contribution is 14.1. The van der Waals surface area contributed by atoms with Gasteiger partial charge in [-0.2, -0.15) is 13.2 Å². The van der Waals surface area contributed by atoms with Gasteiger partial charge < -0.3 is 0 Å². The van der Waals surface area contributed by atoms with Gasteiger partial charge in [-0.05, 0) is 34.7 Å². The van der Waals surface area contributed by atoms with E-state index >= 15 is 0 Å². The van der Waals surface area contributed by atoms with E-state index in [2.05, 4.69) is 4.99 Å². The van der Waals surface area contributed by atoms with E-state index in [1.807, 2.05) is 0 Å². The van der Waals surface area contributed by atoms with Crippen molar-refractivity contribution in [1.29, 1.82) is 0 Å². The second-order valence-electron chi connectivity index (χ2n) is 2.67. The summed E-state index contributed by atoms with van der Waals surface area (Å²) in [5.41, 5.74) is -0.173. The number of alkyl halides is 3. The van der Waals surface area contributed by atoms with E-state index in [0.29, 0.717) is 0 Å². The molecule has 0 unspecified atom stereocenters. The Kier molecular flexibility index (Phi) is 3.83. The van der Waals surface area contributed by atoms with Gasteiger partial charge in [0.2, 0.25) is 0 Å². The highest BCUT2D eigenvalue weighted by Crippen LogP contribution is 2.26. The number of halogens is 4. The van der Waals surface area contributed by atoms with Crippen molar-refractivity contribution >= 4 is 37.7 Å². The normalized spacial score (nSPS) is 12.6. The third kappa shape index (κ3) is 3.43. The van der Waals surface area contributed by atoms with Crippen molar-refractivity contribution in [2.24, 2.45) is 4.99 Å². The van der Waals surface area contributed by atoms with Gasteiger partial charge >= 0.3 is 6.18 Å². The predicted molar refractivity (Wildman–Crippen MR) is 60.3 cm³/mol. The number of nitrogens with zero attached hydrogens (tertiary/aromatic N) is 2. The Balaban J connectivity index is 2.96. The first-order valence-corrected chi connectivity index (χ1v) is 4.94. The quantitative estimate of drug-likeness (QED) is 0.356. The Bertz CT molecular complexity index is 428. The second kappa shape index (κ2) is 4.76. The molecule has 0 bridgehead atoms. The molecule has 0 saturated carbocycles. The average Bonchev–Trinajstić information content (AvgIpc) is 2.17. The molecule has 1 rings (SSSR count). The van der Waals surface area contributed by atoms with E-state index < -0.39 is 14.8 Å². The maximum Gasteiger partial charge on any atom is 0.439 e. The zero-order valence-corrected chi connectivity index (χ0v) is 9.69. The Morgan fingerprint density at radius 1 is 1.31 bits per heavy atom. The zero-order chi connectivity index (χ0) is 12.3. The molecule has 8 heteroatoms. The molecule has 1 aromatic rings. The topological polar surface area (TPSA) is 55.5 Å². The van der Waals surface area contributed by atoms with Crippen molar-refractivity contribution in [3.05, 3.63) is 34.4 Å². The molecule has 16 heavy (non-hydrogen) atoms. The molecule has 0 heterocycles. The number of nitro groups is 1. The summed E-state index contributed by atoms with van der Waals surface area (Å²) < 4.78 is 35.3. The van der Waals surface area contributed by atoms with Crippen LogP contribution in [0.25, 0.3) is 0 Å². The van der Waals surface area contributed by atoms with Crippen molar-refractivity contribution in [2.45, 2.75) is 6.18 Å². The summed E-state index contributed by atoms with van der Waals surface area (Å²) in [6.45, 7) is 0. The third-order valence-electron chi connectivity index (χ3n) is 1.52. The molecular formula is C8H4F3IN2O2. The van der Waals surface area contributed by atoms with Gasteiger partial charge in [0.25, 0.3) is 5.69 Å². The van der Waals surface area contributed by atoms with E-state index in [1.165, 1.54) is 0 Å². The van der Waals surface area contributed by atoms with Crippen LogP contribution in [0.4, 0.5) is 24.5 Å². The van der Waals surface area contributed by atoms with Gasteiger partial charge in [-0.25, -0.2) is 4.99 Å². The van der Waals surface area contributed by atoms with Gasteiger partial charge in [-0.1, -0.05) is 0 Å². The van der Waals surface area contributed by atoms with Crippen LogP contribution in [0.1, 0.15) is 0 Å². The Morgan fingerprint density at radius 3 is 2.19 bits per heavy atom. The fourth-order valence-electron chi connectivity index (χ4n) is 0.826. The summed E-state index contributed by atoms with van der Waals surface area (Å²) in [5, 5.41) is 10.3. The van der Waals surface area contributed by atoms with Crippen LogP contribution < -0.4 is 0 Å². The standard InChI is InChI=1S/C8H4F3IN2O2/c9-8(10,11)7(12)13-5-1-3-6(4-2-5)14(15)16/h1-4H. The molecule has 0 saturated heterocycles. The van der Waals surface area contributed by atoms with Crippen molar-refractivity contribution in [1.82, 2.24) is 0 Å². The molecule has 0 radical (unpaired) electrons. The molecule has 0 fully saturated rings. The number of nitro benzene ring substituents is 1. The van der Waals surface area contributed by atoms with E-state index in [0.717, 1.165) is 46.9 Å². The maximum absolute atomic E-state index is 12.1. The number of aliphatic imine (C=N–C) groups is 1. The zero-order valence-electron chi connectivity index (χ0n) is 7.53. The minimum atomic E-state index is -4.50. The molecule has 4 nitrogen and oxygen atoms in total. The lowest BCUT2D eigenvalue weighted by Gasteiger charge is -2.03. The molecule has 0 spiro atoms. The van der Waals surface area contributed by atoms with E-state index in [9.17, 15) is 23.3 Å². The minimum Gasteiger partial charge on any atom is -0.258 e. The highest BCUT2D eigenvalue weighted by atomic mass is 127. The Morgan fingerprint density at radius 2 is 1.81 bits per heavy atom. The largest absolute Gasteiger partial charge is 0.439 e. The first kappa shape index (κ1) is 12.9. The maximum atomic E-state index is 12.1. The number of rotatable bonds is 2. The molecule has 0 aliphatic carbocycles. The first-order chi connectivity index (χ1) is 7.30. The van der Waals surface area contributed by atoms with Gasteiger partial charge in [0, 0.05) is 12.1 Å². The fourth-order valence-corrected chi connectivity index (χ4v) is 1.10. The van der Waals surface area contributed by atoms with Crippen LogP contribution in [0, 0.1) is 10.1 Å². The first-order valence-electron chi connectivity index (χ1n) is 3.86. The summed E-state index contributed by atoms with van der Waals surface area (Å²) in [4.78, 5) is 12.9. The summed E-state index contributed by atoms with van der Waals surface area (Å²) in [5.74, 6) is 0. The minimum absolute atomic E-state index is 0.0207. The van der Waals surface area contributed by atoms with Gasteiger partial charge in [-0.15, -0.1) is 0 Å². The van der Waals surface area contributed by atoms with E-state index in [1.54, 1.807) is 0 Å². The lowest BCUT2D eigenvalue weighted by molar-refractivity contribution is -0.384. The Hall–Kier alpha value is -1.19. The molecule has 0 aliphatic heterocycles. The summed E-state index contributed by atoms with van der Waals surface area (Å²) in [7, 11) is 0. The van der Waals surface area contributed by atoms with Gasteiger partial charge in [0.1, 0.15) is 0 Å². The molecule has 0 amide bonds. The second-order valence-corrected chi connectivity index (χ2v) is 3.70. The van der Waals surface area contributed by atoms with Crippen molar-refractivity contribution in [3.8, 4) is 0 Å².